The normalized spacial score (nSPS) is 26.7. The van der Waals surface area contributed by atoms with Crippen molar-refractivity contribution in [2.24, 2.45) is 11.3 Å². The Kier molecular flexibility index (Phi) is 4.95. The number of rotatable bonds is 4. The minimum Gasteiger partial charge on any atom is -0.481 e. The molecule has 2 fully saturated rings. The van der Waals surface area contributed by atoms with Gasteiger partial charge < -0.3 is 9.84 Å². The van der Waals surface area contributed by atoms with E-state index >= 15 is 0 Å². The van der Waals surface area contributed by atoms with E-state index in [0.717, 1.165) is 12.8 Å². The Balaban J connectivity index is 2.11. The second kappa shape index (κ2) is 6.22. The van der Waals surface area contributed by atoms with Gasteiger partial charge >= 0.3 is 5.97 Å². The van der Waals surface area contributed by atoms with Gasteiger partial charge in [-0.3, -0.25) is 4.79 Å². The highest BCUT2D eigenvalue weighted by Gasteiger charge is 2.43. The van der Waals surface area contributed by atoms with Gasteiger partial charge in [0.25, 0.3) is 0 Å². The second-order valence-corrected chi connectivity index (χ2v) is 8.79. The number of ether oxygens (including phenoxy) is 1. The lowest BCUT2D eigenvalue weighted by molar-refractivity contribution is -0.151. The van der Waals surface area contributed by atoms with Crippen LogP contribution in [-0.4, -0.2) is 55.4 Å². The Hall–Kier alpha value is -0.660. The summed E-state index contributed by atoms with van der Waals surface area (Å²) < 4.78 is 32.2. The summed E-state index contributed by atoms with van der Waals surface area (Å²) >= 11 is 0. The lowest BCUT2D eigenvalue weighted by Crippen LogP contribution is -2.50. The fraction of sp³-hybridized carbons (Fsp3) is 0.929. The molecule has 0 radical (unpaired) electrons. The Morgan fingerprint density at radius 1 is 1.24 bits per heavy atom. The van der Waals surface area contributed by atoms with Crippen LogP contribution in [0, 0.1) is 11.3 Å². The maximum absolute atomic E-state index is 12.7. The topological polar surface area (TPSA) is 83.9 Å². The number of sulfonamides is 1. The fourth-order valence-corrected chi connectivity index (χ4v) is 5.10. The maximum atomic E-state index is 12.7. The number of carbonyl (C=O) groups is 1. The average molecular weight is 319 g/mol. The summed E-state index contributed by atoms with van der Waals surface area (Å²) in [6.45, 7) is 5.17. The van der Waals surface area contributed by atoms with E-state index in [1.807, 2.05) is 0 Å². The first-order valence-electron chi connectivity index (χ1n) is 7.56. The molecule has 1 atom stereocenters. The molecule has 122 valence electrons. The third-order valence-electron chi connectivity index (χ3n) is 4.91. The first kappa shape index (κ1) is 16.7. The van der Waals surface area contributed by atoms with Crippen LogP contribution in [0.5, 0.6) is 0 Å². The highest BCUT2D eigenvalue weighted by molar-refractivity contribution is 7.89. The highest BCUT2D eigenvalue weighted by Crippen LogP contribution is 2.36. The van der Waals surface area contributed by atoms with Crippen LogP contribution in [0.2, 0.25) is 0 Å². The molecule has 0 aliphatic carbocycles. The molecule has 2 saturated heterocycles. The van der Waals surface area contributed by atoms with Gasteiger partial charge in [0, 0.05) is 26.3 Å². The summed E-state index contributed by atoms with van der Waals surface area (Å²) in [6.07, 6.45) is 2.56. The second-order valence-electron chi connectivity index (χ2n) is 6.58. The van der Waals surface area contributed by atoms with Crippen molar-refractivity contribution in [3.05, 3.63) is 0 Å². The first-order valence-corrected chi connectivity index (χ1v) is 9.06. The summed E-state index contributed by atoms with van der Waals surface area (Å²) in [7, 11) is -3.34. The summed E-state index contributed by atoms with van der Waals surface area (Å²) in [5.41, 5.74) is -0.899. The fourth-order valence-electron chi connectivity index (χ4n) is 3.12. The zero-order valence-electron chi connectivity index (χ0n) is 12.7. The summed E-state index contributed by atoms with van der Waals surface area (Å²) in [4.78, 5) is 11.4. The van der Waals surface area contributed by atoms with Gasteiger partial charge in [0.05, 0.1) is 10.7 Å². The van der Waals surface area contributed by atoms with Crippen LogP contribution in [0.1, 0.15) is 39.5 Å². The number of aliphatic carboxylic acids is 1. The summed E-state index contributed by atoms with van der Waals surface area (Å²) in [6, 6.07) is 0. The molecule has 21 heavy (non-hydrogen) atoms. The van der Waals surface area contributed by atoms with Crippen LogP contribution >= 0.6 is 0 Å². The summed E-state index contributed by atoms with van der Waals surface area (Å²) in [5, 5.41) is 8.97. The molecule has 0 aromatic rings. The first-order chi connectivity index (χ1) is 9.76. The number of piperidine rings is 1. The lowest BCUT2D eigenvalue weighted by Gasteiger charge is -2.40. The molecule has 0 amide bonds. The van der Waals surface area contributed by atoms with Crippen LogP contribution in [-0.2, 0) is 19.6 Å². The van der Waals surface area contributed by atoms with Crippen LogP contribution in [0.15, 0.2) is 0 Å². The molecule has 0 aromatic carbocycles. The molecule has 0 aromatic heterocycles. The Bertz CT molecular complexity index is 482. The number of hydrogen-bond donors (Lipinski definition) is 1. The number of carboxylic acids is 1. The van der Waals surface area contributed by atoms with E-state index in [9.17, 15) is 18.3 Å². The molecule has 2 aliphatic heterocycles. The zero-order valence-corrected chi connectivity index (χ0v) is 13.6. The zero-order chi connectivity index (χ0) is 15.7. The van der Waals surface area contributed by atoms with E-state index in [-0.39, 0.29) is 11.2 Å². The summed E-state index contributed by atoms with van der Waals surface area (Å²) in [5.74, 6) is -1.00. The van der Waals surface area contributed by atoms with Crippen molar-refractivity contribution in [1.82, 2.24) is 4.31 Å². The molecule has 2 aliphatic rings. The Labute approximate surface area is 126 Å². The lowest BCUT2D eigenvalue weighted by atomic mass is 9.75. The smallest absolute Gasteiger partial charge is 0.309 e. The van der Waals surface area contributed by atoms with Crippen LogP contribution in [0.25, 0.3) is 0 Å². The van der Waals surface area contributed by atoms with Crippen molar-refractivity contribution in [3.63, 3.8) is 0 Å². The van der Waals surface area contributed by atoms with Gasteiger partial charge in [-0.1, -0.05) is 0 Å². The van der Waals surface area contributed by atoms with E-state index in [2.05, 4.69) is 0 Å². The molecule has 1 N–H and O–H groups in total. The van der Waals surface area contributed by atoms with Crippen molar-refractivity contribution in [1.29, 1.82) is 0 Å². The Morgan fingerprint density at radius 3 is 2.43 bits per heavy atom. The predicted octanol–water partition coefficient (Wildman–Crippen LogP) is 1.32. The van der Waals surface area contributed by atoms with Crippen molar-refractivity contribution in [3.8, 4) is 0 Å². The number of nitrogens with zero attached hydrogens (tertiary/aromatic N) is 1. The van der Waals surface area contributed by atoms with Gasteiger partial charge in [0.2, 0.25) is 10.0 Å². The minimum absolute atomic E-state index is 0.140. The molecule has 0 bridgehead atoms. The standard InChI is InChI=1S/C14H25NO5S/c1-14(2,13(16)17)11-4-3-7-15(10-11)21(18,19)12-5-8-20-9-6-12/h11-12H,3-10H2,1-2H3,(H,16,17). The van der Waals surface area contributed by atoms with Crippen LogP contribution in [0.3, 0.4) is 0 Å². The van der Waals surface area contributed by atoms with Gasteiger partial charge in [0.1, 0.15) is 0 Å². The van der Waals surface area contributed by atoms with E-state index < -0.39 is 21.4 Å². The predicted molar refractivity (Wildman–Crippen MR) is 78.5 cm³/mol. The van der Waals surface area contributed by atoms with Crippen molar-refractivity contribution in [2.75, 3.05) is 26.3 Å². The maximum Gasteiger partial charge on any atom is 0.309 e. The minimum atomic E-state index is -3.34. The number of carboxylic acid groups (broad SMARTS) is 1. The van der Waals surface area contributed by atoms with E-state index in [1.165, 1.54) is 4.31 Å². The molecule has 2 rings (SSSR count). The van der Waals surface area contributed by atoms with Crippen LogP contribution < -0.4 is 0 Å². The SMILES string of the molecule is CC(C)(C(=O)O)C1CCCN(S(=O)(=O)C2CCOCC2)C1. The molecule has 7 heteroatoms. The van der Waals surface area contributed by atoms with Gasteiger partial charge in [0.15, 0.2) is 0 Å². The van der Waals surface area contributed by atoms with Gasteiger partial charge in [-0.15, -0.1) is 0 Å². The van der Waals surface area contributed by atoms with E-state index in [1.54, 1.807) is 13.8 Å². The van der Waals surface area contributed by atoms with E-state index in [0.29, 0.717) is 39.1 Å². The molecule has 2 heterocycles. The molecule has 6 nitrogen and oxygen atoms in total. The molecule has 0 spiro atoms. The molecular weight excluding hydrogens is 294 g/mol. The average Bonchev–Trinajstić information content (AvgIpc) is 2.48. The van der Waals surface area contributed by atoms with E-state index in [4.69, 9.17) is 4.74 Å². The molecule has 0 saturated carbocycles. The number of hydrogen-bond acceptors (Lipinski definition) is 4. The molecule has 1 unspecified atom stereocenters. The van der Waals surface area contributed by atoms with Gasteiger partial charge in [-0.25, -0.2) is 12.7 Å². The van der Waals surface area contributed by atoms with Gasteiger partial charge in [-0.2, -0.15) is 0 Å². The van der Waals surface area contributed by atoms with Crippen molar-refractivity contribution < 1.29 is 23.1 Å². The largest absolute Gasteiger partial charge is 0.481 e. The highest BCUT2D eigenvalue weighted by atomic mass is 32.2. The third kappa shape index (κ3) is 3.40. The molecular formula is C14H25NO5S. The Morgan fingerprint density at radius 2 is 1.86 bits per heavy atom. The quantitative estimate of drug-likeness (QED) is 0.845. The van der Waals surface area contributed by atoms with Gasteiger partial charge in [-0.05, 0) is 45.4 Å². The van der Waals surface area contributed by atoms with Crippen LogP contribution in [0.4, 0.5) is 0 Å². The third-order valence-corrected chi connectivity index (χ3v) is 7.27. The monoisotopic (exact) mass is 319 g/mol. The van der Waals surface area contributed by atoms with Crippen molar-refractivity contribution in [2.45, 2.75) is 44.8 Å². The van der Waals surface area contributed by atoms with Crippen molar-refractivity contribution >= 4 is 16.0 Å².